The highest BCUT2D eigenvalue weighted by molar-refractivity contribution is 9.08. The van der Waals surface area contributed by atoms with Crippen LogP contribution in [0.1, 0.15) is 25.0 Å². The minimum absolute atomic E-state index is 0.186. The maximum Gasteiger partial charge on any atom is 0.169 e. The molecule has 0 radical (unpaired) electrons. The standard InChI is InChI=1S/C17H16BrClO2/c1-17(2)9-11-4-3-5-14(16(11)21-17)20-15-8-13(19)7-6-12(15)10-18/h3-8H,9-10H2,1-2H3. The maximum atomic E-state index is 6.08. The number of rotatable bonds is 3. The van der Waals surface area contributed by atoms with E-state index in [1.54, 1.807) is 0 Å². The van der Waals surface area contributed by atoms with E-state index in [4.69, 9.17) is 21.1 Å². The molecule has 0 aromatic heterocycles. The molecule has 1 heterocycles. The molecule has 1 aliphatic heterocycles. The number of halogens is 2. The smallest absolute Gasteiger partial charge is 0.169 e. The minimum atomic E-state index is -0.186. The zero-order chi connectivity index (χ0) is 15.0. The summed E-state index contributed by atoms with van der Waals surface area (Å²) < 4.78 is 12.1. The van der Waals surface area contributed by atoms with Crippen LogP contribution in [-0.2, 0) is 11.8 Å². The van der Waals surface area contributed by atoms with Crippen molar-refractivity contribution in [3.8, 4) is 17.2 Å². The Morgan fingerprint density at radius 1 is 1.24 bits per heavy atom. The van der Waals surface area contributed by atoms with Gasteiger partial charge in [-0.05, 0) is 32.0 Å². The van der Waals surface area contributed by atoms with Crippen molar-refractivity contribution >= 4 is 27.5 Å². The van der Waals surface area contributed by atoms with Crippen molar-refractivity contribution in [1.29, 1.82) is 0 Å². The zero-order valence-corrected chi connectivity index (χ0v) is 14.3. The van der Waals surface area contributed by atoms with Crippen LogP contribution in [0.4, 0.5) is 0 Å². The molecule has 3 rings (SSSR count). The van der Waals surface area contributed by atoms with Crippen LogP contribution in [0, 0.1) is 0 Å². The normalized spacial score (nSPS) is 15.4. The summed E-state index contributed by atoms with van der Waals surface area (Å²) >= 11 is 9.55. The van der Waals surface area contributed by atoms with Crippen LogP contribution in [0.15, 0.2) is 36.4 Å². The van der Waals surface area contributed by atoms with Gasteiger partial charge in [0.2, 0.25) is 0 Å². The van der Waals surface area contributed by atoms with E-state index in [1.165, 1.54) is 5.56 Å². The highest BCUT2D eigenvalue weighted by atomic mass is 79.9. The first-order valence-electron chi connectivity index (χ1n) is 6.82. The van der Waals surface area contributed by atoms with Gasteiger partial charge in [-0.1, -0.05) is 45.7 Å². The summed E-state index contributed by atoms with van der Waals surface area (Å²) in [5.41, 5.74) is 2.04. The van der Waals surface area contributed by atoms with Gasteiger partial charge in [-0.2, -0.15) is 0 Å². The Bertz CT molecular complexity index is 682. The largest absolute Gasteiger partial charge is 0.483 e. The summed E-state index contributed by atoms with van der Waals surface area (Å²) in [7, 11) is 0. The fourth-order valence-corrected chi connectivity index (χ4v) is 3.15. The number of alkyl halides is 1. The molecule has 0 aliphatic carbocycles. The van der Waals surface area contributed by atoms with Gasteiger partial charge in [0.05, 0.1) is 0 Å². The van der Waals surface area contributed by atoms with Crippen LogP contribution >= 0.6 is 27.5 Å². The molecule has 0 saturated heterocycles. The molecule has 0 saturated carbocycles. The van der Waals surface area contributed by atoms with Crippen molar-refractivity contribution in [2.45, 2.75) is 31.2 Å². The number of hydrogen-bond donors (Lipinski definition) is 0. The average molecular weight is 368 g/mol. The summed E-state index contributed by atoms with van der Waals surface area (Å²) in [5, 5.41) is 1.37. The van der Waals surface area contributed by atoms with E-state index in [2.05, 4.69) is 35.8 Å². The molecule has 0 bridgehead atoms. The van der Waals surface area contributed by atoms with Crippen LogP contribution in [0.5, 0.6) is 17.2 Å². The van der Waals surface area contributed by atoms with Gasteiger partial charge in [0, 0.05) is 27.9 Å². The molecule has 2 nitrogen and oxygen atoms in total. The number of benzene rings is 2. The van der Waals surface area contributed by atoms with Crippen molar-refractivity contribution in [3.05, 3.63) is 52.5 Å². The summed E-state index contributed by atoms with van der Waals surface area (Å²) in [6, 6.07) is 11.7. The SMILES string of the molecule is CC1(C)Cc2cccc(Oc3cc(Cl)ccc3CBr)c2O1. The highest BCUT2D eigenvalue weighted by Crippen LogP contribution is 2.44. The van der Waals surface area contributed by atoms with E-state index in [1.807, 2.05) is 30.3 Å². The summed E-state index contributed by atoms with van der Waals surface area (Å²) in [4.78, 5) is 0. The molecule has 1 aliphatic rings. The quantitative estimate of drug-likeness (QED) is 0.644. The number of hydrogen-bond acceptors (Lipinski definition) is 2. The lowest BCUT2D eigenvalue weighted by Gasteiger charge is -2.18. The number of para-hydroxylation sites is 1. The van der Waals surface area contributed by atoms with E-state index in [0.29, 0.717) is 10.4 Å². The fraction of sp³-hybridized carbons (Fsp3) is 0.294. The van der Waals surface area contributed by atoms with Gasteiger partial charge in [-0.3, -0.25) is 0 Å². The van der Waals surface area contributed by atoms with Crippen LogP contribution in [0.3, 0.4) is 0 Å². The lowest BCUT2D eigenvalue weighted by atomic mass is 10.0. The van der Waals surface area contributed by atoms with Crippen LogP contribution in [0.25, 0.3) is 0 Å². The van der Waals surface area contributed by atoms with Crippen molar-refractivity contribution in [2.75, 3.05) is 0 Å². The van der Waals surface area contributed by atoms with Gasteiger partial charge >= 0.3 is 0 Å². The Hall–Kier alpha value is -1.19. The Labute approximate surface area is 138 Å². The molecule has 2 aromatic rings. The third-order valence-electron chi connectivity index (χ3n) is 3.45. The second kappa shape index (κ2) is 5.54. The lowest BCUT2D eigenvalue weighted by molar-refractivity contribution is 0.135. The molecular formula is C17H16BrClO2. The molecule has 2 aromatic carbocycles. The van der Waals surface area contributed by atoms with E-state index >= 15 is 0 Å². The maximum absolute atomic E-state index is 6.08. The van der Waals surface area contributed by atoms with Crippen LogP contribution < -0.4 is 9.47 Å². The summed E-state index contributed by atoms with van der Waals surface area (Å²) in [5.74, 6) is 2.33. The second-order valence-electron chi connectivity index (χ2n) is 5.77. The number of fused-ring (bicyclic) bond motifs is 1. The zero-order valence-electron chi connectivity index (χ0n) is 12.0. The summed E-state index contributed by atoms with van der Waals surface area (Å²) in [6.45, 7) is 4.17. The molecule has 0 spiro atoms. The van der Waals surface area contributed by atoms with Crippen LogP contribution in [0.2, 0.25) is 5.02 Å². The van der Waals surface area contributed by atoms with E-state index in [9.17, 15) is 0 Å². The molecule has 0 fully saturated rings. The molecule has 110 valence electrons. The van der Waals surface area contributed by atoms with E-state index in [0.717, 1.165) is 29.2 Å². The topological polar surface area (TPSA) is 18.5 Å². The van der Waals surface area contributed by atoms with E-state index in [-0.39, 0.29) is 5.60 Å². The second-order valence-corrected chi connectivity index (χ2v) is 6.77. The van der Waals surface area contributed by atoms with Gasteiger partial charge in [0.1, 0.15) is 11.4 Å². The Morgan fingerprint density at radius 3 is 2.81 bits per heavy atom. The Morgan fingerprint density at radius 2 is 2.05 bits per heavy atom. The van der Waals surface area contributed by atoms with Gasteiger partial charge in [0.15, 0.2) is 11.5 Å². The van der Waals surface area contributed by atoms with Gasteiger partial charge in [0.25, 0.3) is 0 Å². The molecule has 0 unspecified atom stereocenters. The molecule has 0 atom stereocenters. The molecule has 21 heavy (non-hydrogen) atoms. The summed E-state index contributed by atoms with van der Waals surface area (Å²) in [6.07, 6.45) is 0.889. The van der Waals surface area contributed by atoms with Crippen LogP contribution in [-0.4, -0.2) is 5.60 Å². The van der Waals surface area contributed by atoms with E-state index < -0.39 is 0 Å². The average Bonchev–Trinajstić information content (AvgIpc) is 2.74. The fourth-order valence-electron chi connectivity index (χ4n) is 2.52. The van der Waals surface area contributed by atoms with Gasteiger partial charge in [-0.15, -0.1) is 0 Å². The van der Waals surface area contributed by atoms with Gasteiger partial charge in [-0.25, -0.2) is 0 Å². The first-order chi connectivity index (χ1) is 9.98. The number of ether oxygens (including phenoxy) is 2. The Balaban J connectivity index is 1.98. The molecule has 0 amide bonds. The monoisotopic (exact) mass is 366 g/mol. The molecule has 4 heteroatoms. The third kappa shape index (κ3) is 3.04. The molecular weight excluding hydrogens is 352 g/mol. The first kappa shape index (κ1) is 14.7. The highest BCUT2D eigenvalue weighted by Gasteiger charge is 2.32. The molecule has 0 N–H and O–H groups in total. The Kier molecular flexibility index (Phi) is 3.89. The van der Waals surface area contributed by atoms with Crippen molar-refractivity contribution in [1.82, 2.24) is 0 Å². The van der Waals surface area contributed by atoms with Gasteiger partial charge < -0.3 is 9.47 Å². The van der Waals surface area contributed by atoms with Crippen molar-refractivity contribution < 1.29 is 9.47 Å². The minimum Gasteiger partial charge on any atom is -0.483 e. The predicted molar refractivity (Wildman–Crippen MR) is 89.0 cm³/mol. The lowest BCUT2D eigenvalue weighted by Crippen LogP contribution is -2.24. The third-order valence-corrected chi connectivity index (χ3v) is 4.29. The van der Waals surface area contributed by atoms with Crippen molar-refractivity contribution in [3.63, 3.8) is 0 Å². The van der Waals surface area contributed by atoms with Crippen molar-refractivity contribution in [2.24, 2.45) is 0 Å². The predicted octanol–water partition coefficient (Wildman–Crippen LogP) is 5.74. The first-order valence-corrected chi connectivity index (χ1v) is 8.31.